The summed E-state index contributed by atoms with van der Waals surface area (Å²) in [4.78, 5) is 0.00321. The highest BCUT2D eigenvalue weighted by Gasteiger charge is 2.14. The Morgan fingerprint density at radius 1 is 0.432 bits per heavy atom. The molecule has 0 fully saturated rings. The van der Waals surface area contributed by atoms with Crippen molar-refractivity contribution < 1.29 is 13.0 Å². The maximum atomic E-state index is 11.5. The Bertz CT molecular complexity index is 833. The van der Waals surface area contributed by atoms with Gasteiger partial charge >= 0.3 is 0 Å². The predicted octanol–water partition coefficient (Wildman–Crippen LogP) is 14.1. The molecular formula is C40H74O3S. The van der Waals surface area contributed by atoms with Crippen LogP contribution in [0.25, 0.3) is 0 Å². The van der Waals surface area contributed by atoms with E-state index in [9.17, 15) is 13.0 Å². The van der Waals surface area contributed by atoms with E-state index in [-0.39, 0.29) is 4.90 Å². The highest BCUT2D eigenvalue weighted by atomic mass is 32.2. The van der Waals surface area contributed by atoms with Crippen LogP contribution in [-0.4, -0.2) is 13.0 Å². The summed E-state index contributed by atoms with van der Waals surface area (Å²) in [6, 6.07) is 7.02. The van der Waals surface area contributed by atoms with Crippen LogP contribution >= 0.6 is 0 Å². The van der Waals surface area contributed by atoms with Crippen molar-refractivity contribution in [3.05, 3.63) is 29.8 Å². The van der Waals surface area contributed by atoms with Gasteiger partial charge in [0.05, 0.1) is 4.90 Å². The molecule has 1 rings (SSSR count). The zero-order valence-corrected chi connectivity index (χ0v) is 30.3. The summed E-state index contributed by atoms with van der Waals surface area (Å²) >= 11 is 0. The van der Waals surface area contributed by atoms with Crippen molar-refractivity contribution in [2.45, 2.75) is 224 Å². The van der Waals surface area contributed by atoms with Gasteiger partial charge in [-0.15, -0.1) is 0 Å². The third-order valence-corrected chi connectivity index (χ3v) is 10.6. The summed E-state index contributed by atoms with van der Waals surface area (Å²) in [7, 11) is -4.13. The van der Waals surface area contributed by atoms with Gasteiger partial charge in [-0.25, -0.2) is 0 Å². The van der Waals surface area contributed by atoms with Gasteiger partial charge < -0.3 is 0 Å². The van der Waals surface area contributed by atoms with Crippen molar-refractivity contribution in [3.8, 4) is 0 Å². The largest absolute Gasteiger partial charge is 0.294 e. The van der Waals surface area contributed by atoms with Crippen LogP contribution in [0.15, 0.2) is 29.2 Å². The first-order chi connectivity index (χ1) is 21.5. The van der Waals surface area contributed by atoms with E-state index in [4.69, 9.17) is 0 Å². The molecule has 0 aromatic heterocycles. The summed E-state index contributed by atoms with van der Waals surface area (Å²) in [5, 5.41) is 0. The lowest BCUT2D eigenvalue weighted by Crippen LogP contribution is -2.02. The highest BCUT2D eigenvalue weighted by Crippen LogP contribution is 2.30. The SMILES string of the molecule is CCCCCCCCCCCCCCCCCC(CCCCCCCCCCCCCCCC)c1ccc(S(=O)(=O)O)cc1. The van der Waals surface area contributed by atoms with Gasteiger partial charge in [0, 0.05) is 0 Å². The molecular weight excluding hydrogens is 561 g/mol. The molecule has 0 saturated carbocycles. The number of rotatable bonds is 33. The average Bonchev–Trinajstić information content (AvgIpc) is 3.01. The molecule has 0 aliphatic rings. The van der Waals surface area contributed by atoms with Crippen LogP contribution in [0.2, 0.25) is 0 Å². The van der Waals surface area contributed by atoms with E-state index >= 15 is 0 Å². The molecule has 4 heteroatoms. The zero-order valence-electron chi connectivity index (χ0n) is 29.5. The molecule has 1 aromatic carbocycles. The van der Waals surface area contributed by atoms with Crippen LogP contribution in [0.4, 0.5) is 0 Å². The molecule has 1 unspecified atom stereocenters. The molecule has 0 aliphatic heterocycles. The van der Waals surface area contributed by atoms with Crippen LogP contribution in [0, 0.1) is 0 Å². The molecule has 0 heterocycles. The van der Waals surface area contributed by atoms with Gasteiger partial charge in [0.1, 0.15) is 0 Å². The number of benzene rings is 1. The third-order valence-electron chi connectivity index (χ3n) is 9.71. The minimum atomic E-state index is -4.13. The third kappa shape index (κ3) is 24.4. The van der Waals surface area contributed by atoms with Crippen LogP contribution in [0.3, 0.4) is 0 Å². The number of hydrogen-bond donors (Lipinski definition) is 1. The molecule has 0 radical (unpaired) electrons. The van der Waals surface area contributed by atoms with Crippen molar-refractivity contribution in [2.75, 3.05) is 0 Å². The van der Waals surface area contributed by atoms with Gasteiger partial charge in [-0.2, -0.15) is 8.42 Å². The number of unbranched alkanes of at least 4 members (excludes halogenated alkanes) is 27. The summed E-state index contributed by atoms with van der Waals surface area (Å²) in [5.41, 5.74) is 1.23. The predicted molar refractivity (Wildman–Crippen MR) is 193 cm³/mol. The van der Waals surface area contributed by atoms with Crippen molar-refractivity contribution in [1.29, 1.82) is 0 Å². The highest BCUT2D eigenvalue weighted by molar-refractivity contribution is 7.85. The second-order valence-electron chi connectivity index (χ2n) is 13.9. The standard InChI is InChI=1S/C40H74O3S/c1-3-5-7-9-11-13-15-17-19-21-23-25-27-29-31-33-38(39-34-36-40(37-35-39)44(41,42)43)32-30-28-26-24-22-20-18-16-14-12-10-8-6-4-2/h34-38H,3-33H2,1-2H3,(H,41,42,43). The molecule has 0 amide bonds. The molecule has 0 saturated heterocycles. The van der Waals surface area contributed by atoms with Gasteiger partial charge in [0.2, 0.25) is 0 Å². The summed E-state index contributed by atoms with van der Waals surface area (Å²) in [5.74, 6) is 0.491. The Hall–Kier alpha value is -0.870. The van der Waals surface area contributed by atoms with Gasteiger partial charge in [-0.1, -0.05) is 212 Å². The maximum absolute atomic E-state index is 11.5. The van der Waals surface area contributed by atoms with E-state index in [2.05, 4.69) is 13.8 Å². The lowest BCUT2D eigenvalue weighted by atomic mass is 9.88. The molecule has 44 heavy (non-hydrogen) atoms. The average molecular weight is 635 g/mol. The Labute approximate surface area is 275 Å². The van der Waals surface area contributed by atoms with Crippen LogP contribution in [0.5, 0.6) is 0 Å². The molecule has 0 spiro atoms. The van der Waals surface area contributed by atoms with Gasteiger partial charge in [0.15, 0.2) is 0 Å². The van der Waals surface area contributed by atoms with E-state index in [1.165, 1.54) is 205 Å². The minimum absolute atomic E-state index is 0.00321. The summed E-state index contributed by atoms with van der Waals surface area (Å²) < 4.78 is 32.4. The van der Waals surface area contributed by atoms with Gasteiger partial charge in [0.25, 0.3) is 10.1 Å². The maximum Gasteiger partial charge on any atom is 0.294 e. The van der Waals surface area contributed by atoms with E-state index in [1.807, 2.05) is 12.1 Å². The fourth-order valence-electron chi connectivity index (χ4n) is 6.74. The summed E-state index contributed by atoms with van der Waals surface area (Å²) in [6.07, 6.45) is 42.5. The van der Waals surface area contributed by atoms with E-state index in [0.29, 0.717) is 5.92 Å². The first kappa shape index (κ1) is 41.2. The fourth-order valence-corrected chi connectivity index (χ4v) is 7.22. The first-order valence-corrected chi connectivity index (χ1v) is 21.0. The monoisotopic (exact) mass is 635 g/mol. The smallest absolute Gasteiger partial charge is 0.282 e. The van der Waals surface area contributed by atoms with Crippen molar-refractivity contribution in [1.82, 2.24) is 0 Å². The van der Waals surface area contributed by atoms with Gasteiger partial charge in [-0.3, -0.25) is 4.55 Å². The Kier molecular flexibility index (Phi) is 27.6. The lowest BCUT2D eigenvalue weighted by Gasteiger charge is -2.18. The topological polar surface area (TPSA) is 54.4 Å². The Morgan fingerprint density at radius 3 is 0.932 bits per heavy atom. The van der Waals surface area contributed by atoms with E-state index in [0.717, 1.165) is 0 Å². The molecule has 258 valence electrons. The van der Waals surface area contributed by atoms with E-state index < -0.39 is 10.1 Å². The molecule has 0 aliphatic carbocycles. The molecule has 1 N–H and O–H groups in total. The Balaban J connectivity index is 2.19. The Morgan fingerprint density at radius 2 is 0.682 bits per heavy atom. The summed E-state index contributed by atoms with van der Waals surface area (Å²) in [6.45, 7) is 4.57. The molecule has 1 aromatic rings. The van der Waals surface area contributed by atoms with Gasteiger partial charge in [-0.05, 0) is 36.5 Å². The van der Waals surface area contributed by atoms with Crippen LogP contribution < -0.4 is 0 Å². The normalized spacial score (nSPS) is 12.6. The quantitative estimate of drug-likeness (QED) is 0.0618. The molecule has 0 bridgehead atoms. The van der Waals surface area contributed by atoms with Crippen LogP contribution in [0.1, 0.15) is 224 Å². The minimum Gasteiger partial charge on any atom is -0.282 e. The first-order valence-electron chi connectivity index (χ1n) is 19.6. The second kappa shape index (κ2) is 29.5. The fraction of sp³-hybridized carbons (Fsp3) is 0.850. The lowest BCUT2D eigenvalue weighted by molar-refractivity contribution is 0.478. The van der Waals surface area contributed by atoms with Crippen LogP contribution in [-0.2, 0) is 10.1 Å². The zero-order chi connectivity index (χ0) is 32.0. The van der Waals surface area contributed by atoms with E-state index in [1.54, 1.807) is 12.1 Å². The van der Waals surface area contributed by atoms with Crippen molar-refractivity contribution >= 4 is 10.1 Å². The molecule has 3 nitrogen and oxygen atoms in total. The molecule has 1 atom stereocenters. The van der Waals surface area contributed by atoms with Crippen molar-refractivity contribution in [3.63, 3.8) is 0 Å². The van der Waals surface area contributed by atoms with Crippen molar-refractivity contribution in [2.24, 2.45) is 0 Å². The second-order valence-corrected chi connectivity index (χ2v) is 15.3. The number of hydrogen-bond acceptors (Lipinski definition) is 2.